The number of carbonyl (C=O) groups is 3. The average molecular weight is 347 g/mol. The summed E-state index contributed by atoms with van der Waals surface area (Å²) in [5, 5.41) is 2.64. The molecule has 0 spiro atoms. The van der Waals surface area contributed by atoms with Crippen LogP contribution >= 0.6 is 0 Å². The van der Waals surface area contributed by atoms with Crippen molar-refractivity contribution in [3.8, 4) is 5.75 Å². The molecule has 1 atom stereocenters. The second-order valence-corrected chi connectivity index (χ2v) is 6.27. The van der Waals surface area contributed by atoms with Crippen molar-refractivity contribution in [2.24, 2.45) is 5.73 Å². The summed E-state index contributed by atoms with van der Waals surface area (Å²) < 4.78 is 5.36. The molecule has 1 saturated carbocycles. The molecule has 136 valence electrons. The number of nitrogens with two attached hydrogens (primary N) is 1. The molecule has 1 fully saturated rings. The molecule has 3 amide bonds. The van der Waals surface area contributed by atoms with E-state index in [1.54, 1.807) is 12.0 Å². The molecule has 0 bridgehead atoms. The maximum absolute atomic E-state index is 13.0. The monoisotopic (exact) mass is 347 g/mol. The Balaban J connectivity index is 2.17. The van der Waals surface area contributed by atoms with Crippen molar-refractivity contribution >= 4 is 17.7 Å². The van der Waals surface area contributed by atoms with E-state index in [2.05, 4.69) is 5.32 Å². The number of amides is 3. The summed E-state index contributed by atoms with van der Waals surface area (Å²) in [7, 11) is 1.59. The minimum absolute atomic E-state index is 0.0455. The fourth-order valence-corrected chi connectivity index (χ4v) is 2.78. The molecule has 0 unspecified atom stereocenters. The van der Waals surface area contributed by atoms with Crippen molar-refractivity contribution < 1.29 is 19.1 Å². The van der Waals surface area contributed by atoms with E-state index in [1.165, 1.54) is 6.92 Å². The van der Waals surface area contributed by atoms with Crippen molar-refractivity contribution in [2.45, 2.75) is 51.2 Å². The van der Waals surface area contributed by atoms with Crippen LogP contribution in [0.3, 0.4) is 0 Å². The first-order chi connectivity index (χ1) is 11.9. The Morgan fingerprint density at radius 3 is 2.56 bits per heavy atom. The van der Waals surface area contributed by atoms with E-state index in [9.17, 15) is 14.4 Å². The number of nitrogens with one attached hydrogen (secondary N) is 1. The Labute approximate surface area is 147 Å². The normalized spacial score (nSPS) is 14.5. The SMILES string of the molecule is COc1ccccc1CN(C(=O)[C@H](CCC(N)=O)NC(C)=O)C1CC1. The van der Waals surface area contributed by atoms with Crippen molar-refractivity contribution in [1.29, 1.82) is 0 Å². The van der Waals surface area contributed by atoms with E-state index < -0.39 is 11.9 Å². The molecule has 3 N–H and O–H groups in total. The molecule has 7 heteroatoms. The van der Waals surface area contributed by atoms with Gasteiger partial charge in [-0.3, -0.25) is 14.4 Å². The minimum Gasteiger partial charge on any atom is -0.496 e. The molecule has 2 rings (SSSR count). The van der Waals surface area contributed by atoms with E-state index in [1.807, 2.05) is 24.3 Å². The molecule has 7 nitrogen and oxygen atoms in total. The quantitative estimate of drug-likeness (QED) is 0.694. The topological polar surface area (TPSA) is 102 Å². The van der Waals surface area contributed by atoms with E-state index >= 15 is 0 Å². The van der Waals surface area contributed by atoms with Crippen LogP contribution in [0.4, 0.5) is 0 Å². The fraction of sp³-hybridized carbons (Fsp3) is 0.500. The highest BCUT2D eigenvalue weighted by Gasteiger charge is 2.36. The first-order valence-corrected chi connectivity index (χ1v) is 8.40. The van der Waals surface area contributed by atoms with Crippen molar-refractivity contribution in [2.75, 3.05) is 7.11 Å². The zero-order valence-corrected chi connectivity index (χ0v) is 14.7. The standard InChI is InChI=1S/C18H25N3O4/c1-12(22)20-15(9-10-17(19)23)18(24)21(14-7-8-14)11-13-5-3-4-6-16(13)25-2/h3-6,14-15H,7-11H2,1-2H3,(H2,19,23)(H,20,22)/t15-/m0/s1. The van der Waals surface area contributed by atoms with Gasteiger partial charge < -0.3 is 20.7 Å². The number of ether oxygens (including phenoxy) is 1. The van der Waals surface area contributed by atoms with Gasteiger partial charge in [-0.05, 0) is 25.3 Å². The Kier molecular flexibility index (Phi) is 6.38. The molecule has 0 aliphatic heterocycles. The van der Waals surface area contributed by atoms with Gasteiger partial charge in [-0.15, -0.1) is 0 Å². The van der Waals surface area contributed by atoms with Crippen LogP contribution in [-0.4, -0.2) is 41.8 Å². The molecule has 1 aromatic rings. The second kappa shape index (κ2) is 8.50. The summed E-state index contributed by atoms with van der Waals surface area (Å²) in [6, 6.07) is 6.94. The highest BCUT2D eigenvalue weighted by atomic mass is 16.5. The number of hydrogen-bond donors (Lipinski definition) is 2. The molecule has 0 aromatic heterocycles. The molecular weight excluding hydrogens is 322 g/mol. The van der Waals surface area contributed by atoms with Gasteiger partial charge in [-0.25, -0.2) is 0 Å². The minimum atomic E-state index is -0.750. The van der Waals surface area contributed by atoms with Crippen LogP contribution in [-0.2, 0) is 20.9 Å². The van der Waals surface area contributed by atoms with Crippen LogP contribution in [0.5, 0.6) is 5.75 Å². The van der Waals surface area contributed by atoms with Crippen molar-refractivity contribution in [3.05, 3.63) is 29.8 Å². The Bertz CT molecular complexity index is 643. The number of carbonyl (C=O) groups excluding carboxylic acids is 3. The summed E-state index contributed by atoms with van der Waals surface area (Å²) in [4.78, 5) is 37.3. The molecule has 0 saturated heterocycles. The largest absolute Gasteiger partial charge is 0.496 e. The molecule has 25 heavy (non-hydrogen) atoms. The third-order valence-corrected chi connectivity index (χ3v) is 4.16. The molecule has 0 heterocycles. The fourth-order valence-electron chi connectivity index (χ4n) is 2.78. The molecular formula is C18H25N3O4. The number of rotatable bonds is 9. The summed E-state index contributed by atoms with van der Waals surface area (Å²) in [5.41, 5.74) is 6.09. The zero-order valence-electron chi connectivity index (χ0n) is 14.7. The number of hydrogen-bond acceptors (Lipinski definition) is 4. The Morgan fingerprint density at radius 1 is 1.32 bits per heavy atom. The number of methoxy groups -OCH3 is 1. The van der Waals surface area contributed by atoms with E-state index in [0.717, 1.165) is 18.4 Å². The summed E-state index contributed by atoms with van der Waals surface area (Å²) in [6.07, 6.45) is 2.11. The van der Waals surface area contributed by atoms with Gasteiger partial charge in [0.1, 0.15) is 11.8 Å². The van der Waals surface area contributed by atoms with Gasteiger partial charge in [-0.1, -0.05) is 18.2 Å². The van der Waals surface area contributed by atoms with Crippen LogP contribution in [0.1, 0.15) is 38.2 Å². The lowest BCUT2D eigenvalue weighted by molar-refractivity contribution is -0.137. The first-order valence-electron chi connectivity index (χ1n) is 8.40. The van der Waals surface area contributed by atoms with Crippen LogP contribution < -0.4 is 15.8 Å². The van der Waals surface area contributed by atoms with Gasteiger partial charge in [-0.2, -0.15) is 0 Å². The van der Waals surface area contributed by atoms with E-state index in [4.69, 9.17) is 10.5 Å². The number of primary amides is 1. The lowest BCUT2D eigenvalue weighted by atomic mass is 10.1. The van der Waals surface area contributed by atoms with Crippen LogP contribution in [0.2, 0.25) is 0 Å². The lowest BCUT2D eigenvalue weighted by Gasteiger charge is -2.28. The van der Waals surface area contributed by atoms with Crippen LogP contribution in [0, 0.1) is 0 Å². The number of para-hydroxylation sites is 1. The highest BCUT2D eigenvalue weighted by molar-refractivity contribution is 5.88. The number of nitrogens with zero attached hydrogens (tertiary/aromatic N) is 1. The van der Waals surface area contributed by atoms with Gasteiger partial charge in [0.2, 0.25) is 17.7 Å². The van der Waals surface area contributed by atoms with E-state index in [0.29, 0.717) is 12.3 Å². The summed E-state index contributed by atoms with van der Waals surface area (Å²) in [6.45, 7) is 1.76. The van der Waals surface area contributed by atoms with Gasteiger partial charge in [0.15, 0.2) is 0 Å². The predicted octanol–water partition coefficient (Wildman–Crippen LogP) is 0.956. The number of benzene rings is 1. The molecule has 1 aliphatic carbocycles. The van der Waals surface area contributed by atoms with Gasteiger partial charge >= 0.3 is 0 Å². The Morgan fingerprint density at radius 2 is 2.00 bits per heavy atom. The third-order valence-electron chi connectivity index (χ3n) is 4.16. The molecule has 1 aliphatic rings. The van der Waals surface area contributed by atoms with Gasteiger partial charge in [0.25, 0.3) is 0 Å². The predicted molar refractivity (Wildman–Crippen MR) is 92.6 cm³/mol. The smallest absolute Gasteiger partial charge is 0.245 e. The maximum atomic E-state index is 13.0. The Hall–Kier alpha value is -2.57. The van der Waals surface area contributed by atoms with Crippen LogP contribution in [0.15, 0.2) is 24.3 Å². The van der Waals surface area contributed by atoms with E-state index in [-0.39, 0.29) is 30.7 Å². The highest BCUT2D eigenvalue weighted by Crippen LogP contribution is 2.31. The van der Waals surface area contributed by atoms with Gasteiger partial charge in [0.05, 0.1) is 7.11 Å². The molecule has 1 aromatic carbocycles. The van der Waals surface area contributed by atoms with Gasteiger partial charge in [0, 0.05) is 31.5 Å². The summed E-state index contributed by atoms with van der Waals surface area (Å²) >= 11 is 0. The van der Waals surface area contributed by atoms with Crippen LogP contribution in [0.25, 0.3) is 0 Å². The maximum Gasteiger partial charge on any atom is 0.245 e. The average Bonchev–Trinajstić information content (AvgIpc) is 3.40. The van der Waals surface area contributed by atoms with Crippen molar-refractivity contribution in [1.82, 2.24) is 10.2 Å². The van der Waals surface area contributed by atoms with Crippen molar-refractivity contribution in [3.63, 3.8) is 0 Å². The second-order valence-electron chi connectivity index (χ2n) is 6.27. The summed E-state index contributed by atoms with van der Waals surface area (Å²) in [5.74, 6) is -0.277. The third kappa shape index (κ3) is 5.48. The first kappa shape index (κ1) is 18.8. The zero-order chi connectivity index (χ0) is 18.4. The molecule has 0 radical (unpaired) electrons. The lowest BCUT2D eigenvalue weighted by Crippen LogP contribution is -2.49.